The van der Waals surface area contributed by atoms with E-state index in [4.69, 9.17) is 11.6 Å². The predicted octanol–water partition coefficient (Wildman–Crippen LogP) is 3.42. The average Bonchev–Trinajstić information content (AvgIpc) is 2.60. The fraction of sp³-hybridized carbons (Fsp3) is 0.222. The van der Waals surface area contributed by atoms with Gasteiger partial charge in [0.2, 0.25) is 5.91 Å². The normalized spacial score (nSPS) is 11.6. The van der Waals surface area contributed by atoms with Gasteiger partial charge in [-0.3, -0.25) is 4.79 Å². The highest BCUT2D eigenvalue weighted by molar-refractivity contribution is 6.30. The first kappa shape index (κ1) is 18.0. The van der Waals surface area contributed by atoms with Gasteiger partial charge in [0, 0.05) is 16.8 Å². The van der Waals surface area contributed by atoms with E-state index in [2.05, 4.69) is 15.4 Å². The summed E-state index contributed by atoms with van der Waals surface area (Å²) in [5.74, 6) is -0.576. The molecule has 0 radical (unpaired) electrons. The van der Waals surface area contributed by atoms with Crippen molar-refractivity contribution >= 4 is 29.2 Å². The summed E-state index contributed by atoms with van der Waals surface area (Å²) >= 11 is 5.86. The summed E-state index contributed by atoms with van der Waals surface area (Å²) < 4.78 is 4.63. The van der Waals surface area contributed by atoms with Crippen molar-refractivity contribution in [2.75, 3.05) is 19.0 Å². The molecule has 126 valence electrons. The number of carbonyl (C=O) groups is 2. The van der Waals surface area contributed by atoms with E-state index in [1.54, 1.807) is 24.3 Å². The maximum Gasteiger partial charge on any atom is 0.337 e. The van der Waals surface area contributed by atoms with Crippen LogP contribution in [0.5, 0.6) is 0 Å². The van der Waals surface area contributed by atoms with Crippen molar-refractivity contribution in [3.8, 4) is 0 Å². The summed E-state index contributed by atoms with van der Waals surface area (Å²) in [6.07, 6.45) is 0. The SMILES string of the molecule is COC(=O)c1ccc(NC(=O)CNC(C)c2ccc(Cl)cc2)cc1. The molecule has 1 unspecified atom stereocenters. The zero-order valence-corrected chi connectivity index (χ0v) is 14.3. The molecule has 5 nitrogen and oxygen atoms in total. The quantitative estimate of drug-likeness (QED) is 0.786. The van der Waals surface area contributed by atoms with Crippen molar-refractivity contribution in [1.82, 2.24) is 5.32 Å². The lowest BCUT2D eigenvalue weighted by Gasteiger charge is -2.14. The van der Waals surface area contributed by atoms with Crippen LogP contribution in [0.25, 0.3) is 0 Å². The molecular formula is C18H19ClN2O3. The first-order valence-electron chi connectivity index (χ1n) is 7.46. The molecule has 0 heterocycles. The molecule has 6 heteroatoms. The van der Waals surface area contributed by atoms with Gasteiger partial charge >= 0.3 is 5.97 Å². The van der Waals surface area contributed by atoms with E-state index in [0.717, 1.165) is 5.56 Å². The van der Waals surface area contributed by atoms with Gasteiger partial charge in [-0.2, -0.15) is 0 Å². The lowest BCUT2D eigenvalue weighted by molar-refractivity contribution is -0.115. The minimum atomic E-state index is -0.411. The topological polar surface area (TPSA) is 67.4 Å². The third-order valence-corrected chi connectivity index (χ3v) is 3.78. The second-order valence-corrected chi connectivity index (χ2v) is 5.71. The predicted molar refractivity (Wildman–Crippen MR) is 94.3 cm³/mol. The molecule has 24 heavy (non-hydrogen) atoms. The largest absolute Gasteiger partial charge is 0.465 e. The number of anilines is 1. The van der Waals surface area contributed by atoms with Crippen molar-refractivity contribution < 1.29 is 14.3 Å². The fourth-order valence-electron chi connectivity index (χ4n) is 2.13. The lowest BCUT2D eigenvalue weighted by atomic mass is 10.1. The zero-order chi connectivity index (χ0) is 17.5. The van der Waals surface area contributed by atoms with Crippen molar-refractivity contribution in [2.45, 2.75) is 13.0 Å². The molecule has 0 aliphatic heterocycles. The van der Waals surface area contributed by atoms with Crippen molar-refractivity contribution in [2.24, 2.45) is 0 Å². The number of halogens is 1. The Morgan fingerprint density at radius 3 is 2.29 bits per heavy atom. The summed E-state index contributed by atoms with van der Waals surface area (Å²) in [4.78, 5) is 23.3. The van der Waals surface area contributed by atoms with Crippen LogP contribution in [0, 0.1) is 0 Å². The Kier molecular flexibility index (Phi) is 6.35. The van der Waals surface area contributed by atoms with Crippen LogP contribution in [-0.4, -0.2) is 25.5 Å². The van der Waals surface area contributed by atoms with Crippen LogP contribution in [0.1, 0.15) is 28.9 Å². The van der Waals surface area contributed by atoms with Gasteiger partial charge in [0.1, 0.15) is 0 Å². The Balaban J connectivity index is 1.84. The van der Waals surface area contributed by atoms with Crippen LogP contribution in [0.2, 0.25) is 5.02 Å². The molecule has 0 aliphatic rings. The lowest BCUT2D eigenvalue weighted by Crippen LogP contribution is -2.30. The Labute approximate surface area is 146 Å². The van der Waals surface area contributed by atoms with Gasteiger partial charge in [0.15, 0.2) is 0 Å². The summed E-state index contributed by atoms with van der Waals surface area (Å²) in [5, 5.41) is 6.59. The van der Waals surface area contributed by atoms with Crippen LogP contribution in [0.15, 0.2) is 48.5 Å². The van der Waals surface area contributed by atoms with Gasteiger partial charge in [-0.1, -0.05) is 23.7 Å². The molecule has 1 atom stereocenters. The number of carbonyl (C=O) groups excluding carboxylic acids is 2. The Bertz CT molecular complexity index is 699. The summed E-state index contributed by atoms with van der Waals surface area (Å²) in [6, 6.07) is 14.0. The van der Waals surface area contributed by atoms with Crippen molar-refractivity contribution in [1.29, 1.82) is 0 Å². The van der Waals surface area contributed by atoms with Crippen LogP contribution < -0.4 is 10.6 Å². The highest BCUT2D eigenvalue weighted by atomic mass is 35.5. The first-order chi connectivity index (χ1) is 11.5. The molecule has 2 N–H and O–H groups in total. The van der Waals surface area contributed by atoms with Gasteiger partial charge < -0.3 is 15.4 Å². The smallest absolute Gasteiger partial charge is 0.337 e. The number of nitrogens with one attached hydrogen (secondary N) is 2. The first-order valence-corrected chi connectivity index (χ1v) is 7.84. The molecule has 0 saturated heterocycles. The number of hydrogen-bond acceptors (Lipinski definition) is 4. The van der Waals surface area contributed by atoms with Crippen LogP contribution in [-0.2, 0) is 9.53 Å². The third kappa shape index (κ3) is 5.08. The van der Waals surface area contributed by atoms with E-state index < -0.39 is 5.97 Å². The third-order valence-electron chi connectivity index (χ3n) is 3.53. The maximum absolute atomic E-state index is 12.0. The van der Waals surface area contributed by atoms with Crippen molar-refractivity contribution in [3.05, 3.63) is 64.7 Å². The van der Waals surface area contributed by atoms with Gasteiger partial charge in [-0.15, -0.1) is 0 Å². The number of hydrogen-bond donors (Lipinski definition) is 2. The second kappa shape index (κ2) is 8.47. The minimum absolute atomic E-state index is 0.0229. The average molecular weight is 347 g/mol. The zero-order valence-electron chi connectivity index (χ0n) is 13.5. The fourth-order valence-corrected chi connectivity index (χ4v) is 2.25. The number of amides is 1. The number of methoxy groups -OCH3 is 1. The molecular weight excluding hydrogens is 328 g/mol. The standard InChI is InChI=1S/C18H19ClN2O3/c1-12(13-3-7-15(19)8-4-13)20-11-17(22)21-16-9-5-14(6-10-16)18(23)24-2/h3-10,12,20H,11H2,1-2H3,(H,21,22). The molecule has 0 aliphatic carbocycles. The van der Waals surface area contributed by atoms with Gasteiger partial charge in [0.05, 0.1) is 19.2 Å². The summed E-state index contributed by atoms with van der Waals surface area (Å²) in [5.41, 5.74) is 2.10. The van der Waals surface area contributed by atoms with Crippen LogP contribution in [0.3, 0.4) is 0 Å². The Hall–Kier alpha value is -2.37. The van der Waals surface area contributed by atoms with E-state index in [1.807, 2.05) is 31.2 Å². The highest BCUT2D eigenvalue weighted by Crippen LogP contribution is 2.16. The summed E-state index contributed by atoms with van der Waals surface area (Å²) in [6.45, 7) is 2.14. The molecule has 0 bridgehead atoms. The van der Waals surface area contributed by atoms with Crippen molar-refractivity contribution in [3.63, 3.8) is 0 Å². The van der Waals surface area contributed by atoms with Gasteiger partial charge in [-0.25, -0.2) is 4.79 Å². The van der Waals surface area contributed by atoms with E-state index >= 15 is 0 Å². The molecule has 0 saturated carbocycles. The Morgan fingerprint density at radius 1 is 1.08 bits per heavy atom. The van der Waals surface area contributed by atoms with Crippen LogP contribution in [0.4, 0.5) is 5.69 Å². The minimum Gasteiger partial charge on any atom is -0.465 e. The highest BCUT2D eigenvalue weighted by Gasteiger charge is 2.09. The van der Waals surface area contributed by atoms with Gasteiger partial charge in [0.25, 0.3) is 0 Å². The molecule has 0 aromatic heterocycles. The number of ether oxygens (including phenoxy) is 1. The van der Waals surface area contributed by atoms with E-state index in [9.17, 15) is 9.59 Å². The molecule has 1 amide bonds. The second-order valence-electron chi connectivity index (χ2n) is 5.27. The van der Waals surface area contributed by atoms with Crippen LogP contribution >= 0.6 is 11.6 Å². The number of benzene rings is 2. The summed E-state index contributed by atoms with van der Waals surface area (Å²) in [7, 11) is 1.32. The molecule has 0 fully saturated rings. The van der Waals surface area contributed by atoms with E-state index in [1.165, 1.54) is 7.11 Å². The maximum atomic E-state index is 12.0. The van der Waals surface area contributed by atoms with E-state index in [0.29, 0.717) is 16.3 Å². The molecule has 2 aromatic rings. The monoisotopic (exact) mass is 346 g/mol. The molecule has 2 aromatic carbocycles. The molecule has 2 rings (SSSR count). The number of rotatable bonds is 6. The number of esters is 1. The molecule has 0 spiro atoms. The Morgan fingerprint density at radius 2 is 1.71 bits per heavy atom. The van der Waals surface area contributed by atoms with E-state index in [-0.39, 0.29) is 18.5 Å². The van der Waals surface area contributed by atoms with Gasteiger partial charge in [-0.05, 0) is 48.9 Å².